The largest absolute Gasteiger partial charge is 0.389 e. The molecule has 0 aliphatic carbocycles. The van der Waals surface area contributed by atoms with E-state index in [-0.39, 0.29) is 15.7 Å². The van der Waals surface area contributed by atoms with Crippen LogP contribution in [0.3, 0.4) is 0 Å². The fraction of sp³-hybridized carbons (Fsp3) is 0. The third-order valence-corrected chi connectivity index (χ3v) is 3.94. The maximum atomic E-state index is 12.1. The molecule has 1 heterocycles. The van der Waals surface area contributed by atoms with Gasteiger partial charge in [-0.2, -0.15) is 5.10 Å². The fourth-order valence-electron chi connectivity index (χ4n) is 1.41. The number of H-pyrrole nitrogens is 1. The van der Waals surface area contributed by atoms with Crippen LogP contribution in [0.5, 0.6) is 0 Å². The Balaban J connectivity index is 2.35. The molecule has 9 heteroatoms. The van der Waals surface area contributed by atoms with E-state index in [2.05, 4.69) is 14.9 Å². The summed E-state index contributed by atoms with van der Waals surface area (Å²) < 4.78 is 26.5. The van der Waals surface area contributed by atoms with E-state index < -0.39 is 15.6 Å². The molecule has 1 aromatic carbocycles. The molecular weight excluding hydrogens is 300 g/mol. The SMILES string of the molecule is NC(=S)c1cccc(S(=O)(=O)Nc2ccc(=O)[nH]n2)c1. The Labute approximate surface area is 119 Å². The number of anilines is 1. The lowest BCUT2D eigenvalue weighted by molar-refractivity contribution is 0.601. The first-order valence-electron chi connectivity index (χ1n) is 5.37. The van der Waals surface area contributed by atoms with Crippen LogP contribution in [0.4, 0.5) is 5.82 Å². The van der Waals surface area contributed by atoms with Crippen LogP contribution in [0.2, 0.25) is 0 Å². The fourth-order valence-corrected chi connectivity index (χ4v) is 2.59. The van der Waals surface area contributed by atoms with Crippen molar-refractivity contribution in [3.63, 3.8) is 0 Å². The monoisotopic (exact) mass is 310 g/mol. The van der Waals surface area contributed by atoms with Crippen molar-refractivity contribution in [3.05, 3.63) is 52.3 Å². The van der Waals surface area contributed by atoms with Crippen LogP contribution in [0.15, 0.2) is 46.1 Å². The number of aromatic nitrogens is 2. The van der Waals surface area contributed by atoms with Crippen molar-refractivity contribution >= 4 is 33.0 Å². The minimum atomic E-state index is -3.83. The lowest BCUT2D eigenvalue weighted by Gasteiger charge is -2.07. The molecule has 2 rings (SSSR count). The lowest BCUT2D eigenvalue weighted by Crippen LogP contribution is -2.17. The molecule has 0 fully saturated rings. The Bertz CT molecular complexity index is 794. The molecule has 0 amide bonds. The molecule has 0 aliphatic heterocycles. The third-order valence-electron chi connectivity index (χ3n) is 2.35. The van der Waals surface area contributed by atoms with E-state index in [4.69, 9.17) is 18.0 Å². The van der Waals surface area contributed by atoms with E-state index in [9.17, 15) is 13.2 Å². The van der Waals surface area contributed by atoms with Crippen molar-refractivity contribution in [1.82, 2.24) is 10.2 Å². The topological polar surface area (TPSA) is 118 Å². The molecule has 104 valence electrons. The lowest BCUT2D eigenvalue weighted by atomic mass is 10.2. The molecule has 0 aliphatic rings. The second kappa shape index (κ2) is 5.39. The van der Waals surface area contributed by atoms with Gasteiger partial charge in [0.25, 0.3) is 15.6 Å². The summed E-state index contributed by atoms with van der Waals surface area (Å²) in [5, 5.41) is 5.70. The number of sulfonamides is 1. The van der Waals surface area contributed by atoms with E-state index in [1.165, 1.54) is 24.3 Å². The van der Waals surface area contributed by atoms with E-state index in [0.29, 0.717) is 5.56 Å². The van der Waals surface area contributed by atoms with Gasteiger partial charge in [0, 0.05) is 11.6 Å². The average Bonchev–Trinajstić information content (AvgIpc) is 2.41. The Kier molecular flexibility index (Phi) is 3.81. The van der Waals surface area contributed by atoms with Gasteiger partial charge >= 0.3 is 0 Å². The standard InChI is InChI=1S/C11H10N4O3S2/c12-11(19)7-2-1-3-8(6-7)20(17,18)15-9-4-5-10(16)14-13-9/h1-6H,(H2,12,19)(H,13,15)(H,14,16). The summed E-state index contributed by atoms with van der Waals surface area (Å²) in [6, 6.07) is 8.32. The highest BCUT2D eigenvalue weighted by Gasteiger charge is 2.15. The number of thiocarbonyl (C=S) groups is 1. The van der Waals surface area contributed by atoms with Crippen LogP contribution >= 0.6 is 12.2 Å². The first-order valence-corrected chi connectivity index (χ1v) is 7.26. The molecule has 0 spiro atoms. The van der Waals surface area contributed by atoms with Gasteiger partial charge in [-0.3, -0.25) is 9.52 Å². The van der Waals surface area contributed by atoms with Crippen molar-refractivity contribution in [2.24, 2.45) is 5.73 Å². The highest BCUT2D eigenvalue weighted by atomic mass is 32.2. The van der Waals surface area contributed by atoms with Gasteiger partial charge < -0.3 is 5.73 Å². The highest BCUT2D eigenvalue weighted by molar-refractivity contribution is 7.92. The van der Waals surface area contributed by atoms with E-state index in [1.54, 1.807) is 6.07 Å². The van der Waals surface area contributed by atoms with Crippen LogP contribution in [0.25, 0.3) is 0 Å². The molecule has 2 aromatic rings. The van der Waals surface area contributed by atoms with Crippen LogP contribution in [-0.2, 0) is 10.0 Å². The number of nitrogens with zero attached hydrogens (tertiary/aromatic N) is 1. The van der Waals surface area contributed by atoms with Gasteiger partial charge in [0.2, 0.25) is 0 Å². The summed E-state index contributed by atoms with van der Waals surface area (Å²) in [6.45, 7) is 0. The smallest absolute Gasteiger partial charge is 0.264 e. The van der Waals surface area contributed by atoms with Crippen molar-refractivity contribution in [2.75, 3.05) is 4.72 Å². The second-order valence-corrected chi connectivity index (χ2v) is 5.93. The number of hydrogen-bond acceptors (Lipinski definition) is 5. The zero-order chi connectivity index (χ0) is 14.8. The zero-order valence-electron chi connectivity index (χ0n) is 10.0. The van der Waals surface area contributed by atoms with Gasteiger partial charge in [0.05, 0.1) is 4.90 Å². The normalized spacial score (nSPS) is 11.0. The molecule has 0 radical (unpaired) electrons. The first-order chi connectivity index (χ1) is 9.38. The van der Waals surface area contributed by atoms with E-state index in [1.807, 2.05) is 0 Å². The maximum Gasteiger partial charge on any atom is 0.264 e. The molecule has 0 bridgehead atoms. The van der Waals surface area contributed by atoms with Crippen LogP contribution in [-0.4, -0.2) is 23.6 Å². The van der Waals surface area contributed by atoms with Gasteiger partial charge in [-0.1, -0.05) is 24.4 Å². The van der Waals surface area contributed by atoms with E-state index in [0.717, 1.165) is 6.07 Å². The molecule has 1 aromatic heterocycles. The first kappa shape index (κ1) is 14.2. The summed E-state index contributed by atoms with van der Waals surface area (Å²) in [5.41, 5.74) is 5.47. The van der Waals surface area contributed by atoms with Gasteiger partial charge in [-0.15, -0.1) is 0 Å². The molecule has 0 saturated carbocycles. The van der Waals surface area contributed by atoms with Gasteiger partial charge in [0.15, 0.2) is 5.82 Å². The van der Waals surface area contributed by atoms with Gasteiger partial charge in [0.1, 0.15) is 4.99 Å². The van der Waals surface area contributed by atoms with Crippen LogP contribution < -0.4 is 16.0 Å². The predicted octanol–water partition coefficient (Wildman–Crippen LogP) is 0.205. The minimum Gasteiger partial charge on any atom is -0.389 e. The van der Waals surface area contributed by atoms with Crippen molar-refractivity contribution < 1.29 is 8.42 Å². The predicted molar refractivity (Wildman–Crippen MR) is 78.0 cm³/mol. The molecule has 0 saturated heterocycles. The van der Waals surface area contributed by atoms with Crippen LogP contribution in [0.1, 0.15) is 5.56 Å². The third kappa shape index (κ3) is 3.19. The van der Waals surface area contributed by atoms with Gasteiger partial charge in [-0.25, -0.2) is 13.5 Å². The number of hydrogen-bond donors (Lipinski definition) is 3. The van der Waals surface area contributed by atoms with Crippen molar-refractivity contribution in [3.8, 4) is 0 Å². The van der Waals surface area contributed by atoms with Crippen LogP contribution in [0, 0.1) is 0 Å². The summed E-state index contributed by atoms with van der Waals surface area (Å²) >= 11 is 4.80. The number of benzene rings is 1. The second-order valence-electron chi connectivity index (χ2n) is 3.80. The highest BCUT2D eigenvalue weighted by Crippen LogP contribution is 2.14. The number of nitrogens with two attached hydrogens (primary N) is 1. The van der Waals surface area contributed by atoms with Gasteiger partial charge in [-0.05, 0) is 18.2 Å². The number of rotatable bonds is 4. The Morgan fingerprint density at radius 1 is 1.30 bits per heavy atom. The molecule has 4 N–H and O–H groups in total. The molecule has 0 unspecified atom stereocenters. The molecule has 7 nitrogen and oxygen atoms in total. The minimum absolute atomic E-state index is 0.00389. The summed E-state index contributed by atoms with van der Waals surface area (Å²) in [5.74, 6) is 0.00493. The number of nitrogens with one attached hydrogen (secondary N) is 2. The number of aromatic amines is 1. The average molecular weight is 310 g/mol. The summed E-state index contributed by atoms with van der Waals surface area (Å²) in [7, 11) is -3.83. The Hall–Kier alpha value is -2.26. The molecular formula is C11H10N4O3S2. The maximum absolute atomic E-state index is 12.1. The zero-order valence-corrected chi connectivity index (χ0v) is 11.7. The van der Waals surface area contributed by atoms with E-state index >= 15 is 0 Å². The summed E-state index contributed by atoms with van der Waals surface area (Å²) in [6.07, 6.45) is 0. The quantitative estimate of drug-likeness (QED) is 0.695. The Morgan fingerprint density at radius 2 is 2.05 bits per heavy atom. The van der Waals surface area contributed by atoms with Crippen molar-refractivity contribution in [2.45, 2.75) is 4.90 Å². The molecule has 20 heavy (non-hydrogen) atoms. The van der Waals surface area contributed by atoms with Crippen molar-refractivity contribution in [1.29, 1.82) is 0 Å². The summed E-state index contributed by atoms with van der Waals surface area (Å²) in [4.78, 5) is 11.0. The Morgan fingerprint density at radius 3 is 2.65 bits per heavy atom. The molecule has 0 atom stereocenters.